The lowest BCUT2D eigenvalue weighted by Crippen LogP contribution is -2.46. The highest BCUT2D eigenvalue weighted by Gasteiger charge is 2.37. The van der Waals surface area contributed by atoms with E-state index in [0.717, 1.165) is 12.1 Å². The van der Waals surface area contributed by atoms with E-state index in [9.17, 15) is 12.8 Å². The summed E-state index contributed by atoms with van der Waals surface area (Å²) in [5.41, 5.74) is 1.77. The third-order valence-electron chi connectivity index (χ3n) is 4.09. The Morgan fingerprint density at radius 1 is 1.23 bits per heavy atom. The molecule has 26 heavy (non-hydrogen) atoms. The van der Waals surface area contributed by atoms with Crippen molar-refractivity contribution in [1.29, 1.82) is 0 Å². The summed E-state index contributed by atoms with van der Waals surface area (Å²) in [6.45, 7) is 1.42. The average molecular weight is 420 g/mol. The zero-order valence-electron chi connectivity index (χ0n) is 14.2. The van der Waals surface area contributed by atoms with Gasteiger partial charge >= 0.3 is 10.2 Å². The lowest BCUT2D eigenvalue weighted by molar-refractivity contribution is 0.392. The maximum Gasteiger partial charge on any atom is 0.308 e. The Balaban J connectivity index is 0.00000243. The van der Waals surface area contributed by atoms with Crippen LogP contribution in [0.25, 0.3) is 0 Å². The molecule has 0 aromatic heterocycles. The molecule has 5 nitrogen and oxygen atoms in total. The van der Waals surface area contributed by atoms with Crippen molar-refractivity contribution in [3.63, 3.8) is 0 Å². The van der Waals surface area contributed by atoms with Crippen molar-refractivity contribution in [3.05, 3.63) is 58.9 Å². The first-order valence-corrected chi connectivity index (χ1v) is 9.70. The minimum absolute atomic E-state index is 0. The quantitative estimate of drug-likeness (QED) is 0.751. The van der Waals surface area contributed by atoms with Crippen molar-refractivity contribution < 1.29 is 12.8 Å². The van der Waals surface area contributed by atoms with Crippen LogP contribution in [-0.4, -0.2) is 32.9 Å². The van der Waals surface area contributed by atoms with E-state index in [1.54, 1.807) is 12.1 Å². The van der Waals surface area contributed by atoms with Crippen LogP contribution in [0.5, 0.6) is 0 Å². The molecule has 9 heteroatoms. The number of fused-ring (bicyclic) bond motifs is 1. The van der Waals surface area contributed by atoms with Crippen LogP contribution in [0.2, 0.25) is 5.02 Å². The fourth-order valence-corrected chi connectivity index (χ4v) is 4.74. The van der Waals surface area contributed by atoms with Crippen LogP contribution in [0, 0.1) is 5.82 Å². The first-order chi connectivity index (χ1) is 11.9. The van der Waals surface area contributed by atoms with Gasteiger partial charge in [0, 0.05) is 13.1 Å². The molecular formula is C17H20Cl2FN3O2S. The van der Waals surface area contributed by atoms with Gasteiger partial charge in [-0.3, -0.25) is 0 Å². The number of rotatable bonds is 5. The molecule has 0 saturated heterocycles. The van der Waals surface area contributed by atoms with Gasteiger partial charge in [-0.05, 0) is 49.8 Å². The Labute approximate surface area is 164 Å². The van der Waals surface area contributed by atoms with E-state index in [4.69, 9.17) is 11.6 Å². The maximum atomic E-state index is 13.5. The molecule has 3 rings (SSSR count). The summed E-state index contributed by atoms with van der Waals surface area (Å²) in [5.74, 6) is -0.584. The van der Waals surface area contributed by atoms with E-state index in [1.165, 1.54) is 26.8 Å². The molecule has 1 N–H and O–H groups in total. The van der Waals surface area contributed by atoms with Crippen LogP contribution >= 0.6 is 24.0 Å². The Morgan fingerprint density at radius 3 is 2.65 bits per heavy atom. The normalized spacial score (nSPS) is 16.0. The summed E-state index contributed by atoms with van der Waals surface area (Å²) in [5, 5.41) is 2.90. The number of halogens is 3. The van der Waals surface area contributed by atoms with Gasteiger partial charge in [0.25, 0.3) is 0 Å². The molecular weight excluding hydrogens is 400 g/mol. The minimum atomic E-state index is -3.78. The predicted octanol–water partition coefficient (Wildman–Crippen LogP) is 3.71. The summed E-state index contributed by atoms with van der Waals surface area (Å²) in [4.78, 5) is 0. The number of para-hydroxylation sites is 1. The molecule has 0 fully saturated rings. The van der Waals surface area contributed by atoms with Gasteiger partial charge in [0.1, 0.15) is 5.82 Å². The van der Waals surface area contributed by atoms with Gasteiger partial charge < -0.3 is 5.32 Å². The highest BCUT2D eigenvalue weighted by molar-refractivity contribution is 7.90. The Morgan fingerprint density at radius 2 is 1.96 bits per heavy atom. The Hall–Kier alpha value is -1.38. The van der Waals surface area contributed by atoms with Gasteiger partial charge in [-0.15, -0.1) is 12.4 Å². The molecule has 2 aromatic carbocycles. The fourth-order valence-electron chi connectivity index (χ4n) is 2.86. The first-order valence-electron chi connectivity index (χ1n) is 7.93. The predicted molar refractivity (Wildman–Crippen MR) is 105 cm³/mol. The smallest absolute Gasteiger partial charge is 0.308 e. The summed E-state index contributed by atoms with van der Waals surface area (Å²) in [6, 6.07) is 11.2. The molecule has 0 unspecified atom stereocenters. The third kappa shape index (κ3) is 3.97. The fraction of sp³-hybridized carbons (Fsp3) is 0.294. The van der Waals surface area contributed by atoms with Crippen molar-refractivity contribution in [3.8, 4) is 0 Å². The Kier molecular flexibility index (Phi) is 6.87. The van der Waals surface area contributed by atoms with Crippen molar-refractivity contribution in [2.45, 2.75) is 13.0 Å². The SMILES string of the molecule is CNCCCN1Cc2ccccc2N(c2ccc(F)c(Cl)c2)S1(=O)=O.Cl. The number of nitrogens with one attached hydrogen (secondary N) is 1. The van der Waals surface area contributed by atoms with Crippen molar-refractivity contribution in [2.75, 3.05) is 24.4 Å². The first kappa shape index (κ1) is 20.9. The second-order valence-corrected chi connectivity index (χ2v) is 7.97. The zero-order valence-corrected chi connectivity index (χ0v) is 16.5. The second kappa shape index (κ2) is 8.54. The van der Waals surface area contributed by atoms with Crippen LogP contribution in [0.3, 0.4) is 0 Å². The monoisotopic (exact) mass is 419 g/mol. The standard InChI is InChI=1S/C17H19ClFN3O2S.ClH/c1-20-9-4-10-21-12-13-5-2-3-6-17(13)22(25(21,23)24)14-7-8-16(19)15(18)11-14;/h2-3,5-8,11,20H,4,9-10,12H2,1H3;1H. The van der Waals surface area contributed by atoms with Gasteiger partial charge in [-0.2, -0.15) is 12.7 Å². The summed E-state index contributed by atoms with van der Waals surface area (Å²) >= 11 is 5.87. The number of anilines is 2. The van der Waals surface area contributed by atoms with Gasteiger partial charge in [0.05, 0.1) is 16.4 Å². The van der Waals surface area contributed by atoms with E-state index in [-0.39, 0.29) is 17.4 Å². The number of hydrogen-bond acceptors (Lipinski definition) is 3. The highest BCUT2D eigenvalue weighted by atomic mass is 35.5. The van der Waals surface area contributed by atoms with Gasteiger partial charge in [-0.1, -0.05) is 29.8 Å². The van der Waals surface area contributed by atoms with Crippen LogP contribution in [-0.2, 0) is 16.8 Å². The second-order valence-electron chi connectivity index (χ2n) is 5.79. The zero-order chi connectivity index (χ0) is 18.0. The molecule has 0 amide bonds. The average Bonchev–Trinajstić information content (AvgIpc) is 2.58. The largest absolute Gasteiger partial charge is 0.320 e. The summed E-state index contributed by atoms with van der Waals surface area (Å²) in [7, 11) is -1.96. The molecule has 0 atom stereocenters. The van der Waals surface area contributed by atoms with Crippen molar-refractivity contribution in [1.82, 2.24) is 9.62 Å². The topological polar surface area (TPSA) is 52.6 Å². The van der Waals surface area contributed by atoms with Crippen LogP contribution in [0.1, 0.15) is 12.0 Å². The van der Waals surface area contributed by atoms with Crippen LogP contribution in [0.4, 0.5) is 15.8 Å². The lowest BCUT2D eigenvalue weighted by atomic mass is 10.1. The van der Waals surface area contributed by atoms with Crippen molar-refractivity contribution >= 4 is 45.6 Å². The molecule has 0 bridgehead atoms. The van der Waals surface area contributed by atoms with E-state index in [0.29, 0.717) is 30.9 Å². The van der Waals surface area contributed by atoms with Crippen LogP contribution in [0.15, 0.2) is 42.5 Å². The van der Waals surface area contributed by atoms with E-state index < -0.39 is 16.0 Å². The molecule has 142 valence electrons. The molecule has 1 heterocycles. The van der Waals surface area contributed by atoms with Crippen LogP contribution < -0.4 is 9.62 Å². The molecule has 1 aliphatic rings. The molecule has 0 radical (unpaired) electrons. The molecule has 0 aliphatic carbocycles. The molecule has 2 aromatic rings. The minimum Gasteiger partial charge on any atom is -0.320 e. The number of nitrogens with zero attached hydrogens (tertiary/aromatic N) is 2. The van der Waals surface area contributed by atoms with E-state index in [1.807, 2.05) is 19.2 Å². The highest BCUT2D eigenvalue weighted by Crippen LogP contribution is 2.39. The molecule has 1 aliphatic heterocycles. The van der Waals surface area contributed by atoms with Crippen molar-refractivity contribution in [2.24, 2.45) is 0 Å². The summed E-state index contributed by atoms with van der Waals surface area (Å²) < 4.78 is 42.5. The Bertz CT molecular complexity index is 880. The third-order valence-corrected chi connectivity index (χ3v) is 6.21. The van der Waals surface area contributed by atoms with E-state index in [2.05, 4.69) is 5.32 Å². The van der Waals surface area contributed by atoms with E-state index >= 15 is 0 Å². The van der Waals surface area contributed by atoms with Gasteiger partial charge in [0.2, 0.25) is 0 Å². The van der Waals surface area contributed by atoms with Gasteiger partial charge in [0.15, 0.2) is 0 Å². The molecule has 0 spiro atoms. The maximum absolute atomic E-state index is 13.5. The lowest BCUT2D eigenvalue weighted by Gasteiger charge is -2.37. The number of benzene rings is 2. The van der Waals surface area contributed by atoms with Gasteiger partial charge in [-0.25, -0.2) is 8.70 Å². The summed E-state index contributed by atoms with van der Waals surface area (Å²) in [6.07, 6.45) is 0.690. The number of hydrogen-bond donors (Lipinski definition) is 1. The molecule has 0 saturated carbocycles.